The lowest BCUT2D eigenvalue weighted by molar-refractivity contribution is 0.155. The van der Waals surface area contributed by atoms with Crippen LogP contribution in [0.4, 0.5) is 4.39 Å². The van der Waals surface area contributed by atoms with E-state index in [1.807, 2.05) is 0 Å². The first-order valence-corrected chi connectivity index (χ1v) is 5.14. The van der Waals surface area contributed by atoms with Gasteiger partial charge in [-0.25, -0.2) is 4.39 Å². The van der Waals surface area contributed by atoms with Crippen molar-refractivity contribution < 1.29 is 9.50 Å². The SMILES string of the molecule is OC1CCCc2c1ccc(Br)c2F. The van der Waals surface area contributed by atoms with Crippen molar-refractivity contribution in [3.05, 3.63) is 33.5 Å². The Kier molecular flexibility index (Phi) is 2.39. The molecule has 0 bridgehead atoms. The molecule has 0 heterocycles. The van der Waals surface area contributed by atoms with Crippen molar-refractivity contribution in [2.45, 2.75) is 25.4 Å². The van der Waals surface area contributed by atoms with Gasteiger partial charge in [-0.2, -0.15) is 0 Å². The Balaban J connectivity index is 2.56. The zero-order valence-corrected chi connectivity index (χ0v) is 8.64. The average molecular weight is 245 g/mol. The first-order valence-electron chi connectivity index (χ1n) is 4.35. The van der Waals surface area contributed by atoms with Crippen molar-refractivity contribution in [3.8, 4) is 0 Å². The van der Waals surface area contributed by atoms with E-state index in [1.54, 1.807) is 12.1 Å². The Morgan fingerprint density at radius 1 is 1.46 bits per heavy atom. The third-order valence-corrected chi connectivity index (χ3v) is 3.11. The number of fused-ring (bicyclic) bond motifs is 1. The van der Waals surface area contributed by atoms with Gasteiger partial charge in [-0.1, -0.05) is 6.07 Å². The maximum absolute atomic E-state index is 13.5. The zero-order chi connectivity index (χ0) is 9.42. The van der Waals surface area contributed by atoms with Crippen LogP contribution in [0, 0.1) is 5.82 Å². The maximum Gasteiger partial charge on any atom is 0.140 e. The number of halogens is 2. The minimum absolute atomic E-state index is 0.212. The van der Waals surface area contributed by atoms with E-state index in [9.17, 15) is 9.50 Å². The average Bonchev–Trinajstić information content (AvgIpc) is 2.12. The largest absolute Gasteiger partial charge is 0.388 e. The Morgan fingerprint density at radius 2 is 2.23 bits per heavy atom. The summed E-state index contributed by atoms with van der Waals surface area (Å²) in [5.41, 5.74) is 1.43. The highest BCUT2D eigenvalue weighted by atomic mass is 79.9. The molecule has 1 aromatic carbocycles. The lowest BCUT2D eigenvalue weighted by atomic mass is 9.89. The van der Waals surface area contributed by atoms with Crippen molar-refractivity contribution in [3.63, 3.8) is 0 Å². The highest BCUT2D eigenvalue weighted by molar-refractivity contribution is 9.10. The fraction of sp³-hybridized carbons (Fsp3) is 0.400. The molecular formula is C10H10BrFO. The van der Waals surface area contributed by atoms with Gasteiger partial charge in [0.2, 0.25) is 0 Å². The lowest BCUT2D eigenvalue weighted by Gasteiger charge is -2.21. The molecule has 0 saturated carbocycles. The molecule has 1 unspecified atom stereocenters. The highest BCUT2D eigenvalue weighted by Gasteiger charge is 2.21. The number of hydrogen-bond acceptors (Lipinski definition) is 1. The van der Waals surface area contributed by atoms with Crippen LogP contribution in [0.3, 0.4) is 0 Å². The molecule has 0 spiro atoms. The van der Waals surface area contributed by atoms with Crippen LogP contribution in [0.15, 0.2) is 16.6 Å². The zero-order valence-electron chi connectivity index (χ0n) is 7.06. The van der Waals surface area contributed by atoms with E-state index in [4.69, 9.17) is 0 Å². The van der Waals surface area contributed by atoms with Gasteiger partial charge in [0.25, 0.3) is 0 Å². The fourth-order valence-corrected chi connectivity index (χ4v) is 2.17. The number of hydrogen-bond donors (Lipinski definition) is 1. The molecule has 2 rings (SSSR count). The summed E-state index contributed by atoms with van der Waals surface area (Å²) in [4.78, 5) is 0. The molecule has 0 aromatic heterocycles. The molecule has 0 amide bonds. The van der Waals surface area contributed by atoms with Crippen molar-refractivity contribution in [1.29, 1.82) is 0 Å². The number of rotatable bonds is 0. The smallest absolute Gasteiger partial charge is 0.140 e. The summed E-state index contributed by atoms with van der Waals surface area (Å²) in [5.74, 6) is -0.212. The molecule has 1 aliphatic rings. The van der Waals surface area contributed by atoms with Crippen molar-refractivity contribution in [1.82, 2.24) is 0 Å². The van der Waals surface area contributed by atoms with Crippen LogP contribution < -0.4 is 0 Å². The van der Waals surface area contributed by atoms with Crippen LogP contribution in [0.25, 0.3) is 0 Å². The van der Waals surface area contributed by atoms with E-state index in [2.05, 4.69) is 15.9 Å². The minimum Gasteiger partial charge on any atom is -0.388 e. The Morgan fingerprint density at radius 3 is 3.00 bits per heavy atom. The fourth-order valence-electron chi connectivity index (χ4n) is 1.80. The molecule has 0 saturated heterocycles. The van der Waals surface area contributed by atoms with E-state index in [0.29, 0.717) is 10.0 Å². The van der Waals surface area contributed by atoms with Crippen molar-refractivity contribution >= 4 is 15.9 Å². The molecule has 70 valence electrons. The molecule has 1 aliphatic carbocycles. The second-order valence-corrected chi connectivity index (χ2v) is 4.19. The van der Waals surface area contributed by atoms with Gasteiger partial charge in [-0.15, -0.1) is 0 Å². The van der Waals surface area contributed by atoms with E-state index in [0.717, 1.165) is 24.8 Å². The van der Waals surface area contributed by atoms with Gasteiger partial charge in [0.05, 0.1) is 10.6 Å². The maximum atomic E-state index is 13.5. The molecular weight excluding hydrogens is 235 g/mol. The summed E-state index contributed by atoms with van der Waals surface area (Å²) >= 11 is 3.14. The molecule has 0 fully saturated rings. The molecule has 1 N–H and O–H groups in total. The van der Waals surface area contributed by atoms with Crippen LogP contribution in [0.5, 0.6) is 0 Å². The normalized spacial score (nSPS) is 21.3. The summed E-state index contributed by atoms with van der Waals surface area (Å²) in [6.07, 6.45) is 1.86. The monoisotopic (exact) mass is 244 g/mol. The van der Waals surface area contributed by atoms with Crippen LogP contribution in [0.1, 0.15) is 30.1 Å². The molecule has 0 aliphatic heterocycles. The second kappa shape index (κ2) is 3.39. The molecule has 13 heavy (non-hydrogen) atoms. The van der Waals surface area contributed by atoms with E-state index >= 15 is 0 Å². The molecule has 1 nitrogen and oxygen atoms in total. The highest BCUT2D eigenvalue weighted by Crippen LogP contribution is 2.33. The summed E-state index contributed by atoms with van der Waals surface area (Å²) in [5, 5.41) is 9.59. The number of benzene rings is 1. The first-order chi connectivity index (χ1) is 6.20. The van der Waals surface area contributed by atoms with Gasteiger partial charge >= 0.3 is 0 Å². The molecule has 3 heteroatoms. The van der Waals surface area contributed by atoms with E-state index < -0.39 is 6.10 Å². The van der Waals surface area contributed by atoms with Crippen molar-refractivity contribution in [2.75, 3.05) is 0 Å². The van der Waals surface area contributed by atoms with Gasteiger partial charge in [0.1, 0.15) is 5.82 Å². The van der Waals surface area contributed by atoms with Gasteiger partial charge in [-0.3, -0.25) is 0 Å². The van der Waals surface area contributed by atoms with Crippen LogP contribution in [-0.2, 0) is 6.42 Å². The lowest BCUT2D eigenvalue weighted by Crippen LogP contribution is -2.11. The number of aliphatic hydroxyl groups excluding tert-OH is 1. The van der Waals surface area contributed by atoms with Gasteiger partial charge < -0.3 is 5.11 Å². The molecule has 1 atom stereocenters. The molecule has 1 aromatic rings. The summed E-state index contributed by atoms with van der Waals surface area (Å²) in [6, 6.07) is 3.45. The van der Waals surface area contributed by atoms with Gasteiger partial charge in [-0.05, 0) is 52.4 Å². The Bertz CT molecular complexity index is 338. The Hall–Kier alpha value is -0.410. The van der Waals surface area contributed by atoms with Crippen LogP contribution >= 0.6 is 15.9 Å². The Labute approximate surface area is 84.7 Å². The quantitative estimate of drug-likeness (QED) is 0.745. The predicted molar refractivity (Wildman–Crippen MR) is 52.0 cm³/mol. The van der Waals surface area contributed by atoms with E-state index in [-0.39, 0.29) is 5.82 Å². The standard InChI is InChI=1S/C10H10BrFO/c11-8-5-4-6-7(10(8)12)2-1-3-9(6)13/h4-5,9,13H,1-3H2. The predicted octanol–water partition coefficient (Wildman–Crippen LogP) is 2.96. The molecule has 0 radical (unpaired) electrons. The number of aliphatic hydroxyl groups is 1. The third-order valence-electron chi connectivity index (χ3n) is 2.50. The minimum atomic E-state index is -0.480. The van der Waals surface area contributed by atoms with E-state index in [1.165, 1.54) is 0 Å². The third kappa shape index (κ3) is 1.51. The van der Waals surface area contributed by atoms with Crippen molar-refractivity contribution in [2.24, 2.45) is 0 Å². The van der Waals surface area contributed by atoms with Gasteiger partial charge in [0, 0.05) is 0 Å². The summed E-state index contributed by atoms with van der Waals surface area (Å²) < 4.78 is 14.0. The summed E-state index contributed by atoms with van der Waals surface area (Å²) in [7, 11) is 0. The van der Waals surface area contributed by atoms with Gasteiger partial charge in [0.15, 0.2) is 0 Å². The summed E-state index contributed by atoms with van der Waals surface area (Å²) in [6.45, 7) is 0. The first kappa shape index (κ1) is 9.16. The second-order valence-electron chi connectivity index (χ2n) is 3.34. The van der Waals surface area contributed by atoms with Crippen LogP contribution in [-0.4, -0.2) is 5.11 Å². The van der Waals surface area contributed by atoms with Crippen LogP contribution in [0.2, 0.25) is 0 Å². The topological polar surface area (TPSA) is 20.2 Å².